The molecule has 0 bridgehead atoms. The first kappa shape index (κ1) is 28.4. The van der Waals surface area contributed by atoms with E-state index in [1.165, 1.54) is 0 Å². The smallest absolute Gasteiger partial charge is 0.247 e. The van der Waals surface area contributed by atoms with E-state index in [0.717, 1.165) is 6.42 Å². The number of halogens is 1. The van der Waals surface area contributed by atoms with Gasteiger partial charge in [-0.15, -0.1) is 0 Å². The van der Waals surface area contributed by atoms with Gasteiger partial charge in [0, 0.05) is 41.6 Å². The largest absolute Gasteiger partial charge is 0.360 e. The molecule has 0 saturated heterocycles. The van der Waals surface area contributed by atoms with Crippen molar-refractivity contribution in [2.24, 2.45) is 5.92 Å². The third-order valence-electron chi connectivity index (χ3n) is 5.83. The van der Waals surface area contributed by atoms with Gasteiger partial charge in [0.1, 0.15) is 11.8 Å². The second-order valence-electron chi connectivity index (χ2n) is 9.79. The van der Waals surface area contributed by atoms with Crippen molar-refractivity contribution >= 4 is 35.1 Å². The van der Waals surface area contributed by atoms with Gasteiger partial charge >= 0.3 is 0 Å². The highest BCUT2D eigenvalue weighted by atomic mass is 35.5. The molecule has 0 spiro atoms. The SMILES string of the molecule is CCC(C)(C)NC(=O)[C@H](c1ccccc1Cl)N(CCC(C)C)C(=O)CCC(=O)Nc1cc(C)on1. The lowest BCUT2D eigenvalue weighted by atomic mass is 9.97. The Hall–Kier alpha value is -2.87. The van der Waals surface area contributed by atoms with E-state index in [0.29, 0.717) is 41.0 Å². The Kier molecular flexibility index (Phi) is 10.3. The van der Waals surface area contributed by atoms with Crippen LogP contribution in [0, 0.1) is 12.8 Å². The molecular weight excluding hydrogens is 468 g/mol. The molecule has 1 heterocycles. The Balaban J connectivity index is 2.30. The third kappa shape index (κ3) is 8.69. The first-order chi connectivity index (χ1) is 16.4. The summed E-state index contributed by atoms with van der Waals surface area (Å²) in [5.41, 5.74) is 0.0945. The number of nitrogens with zero attached hydrogens (tertiary/aromatic N) is 2. The highest BCUT2D eigenvalue weighted by molar-refractivity contribution is 6.31. The number of anilines is 1. The van der Waals surface area contributed by atoms with Gasteiger partial charge in [0.25, 0.3) is 0 Å². The van der Waals surface area contributed by atoms with Crippen LogP contribution in [-0.4, -0.2) is 39.9 Å². The van der Waals surface area contributed by atoms with E-state index in [1.54, 1.807) is 42.2 Å². The first-order valence-electron chi connectivity index (χ1n) is 12.0. The Bertz CT molecular complexity index is 1020. The molecule has 1 atom stereocenters. The summed E-state index contributed by atoms with van der Waals surface area (Å²) >= 11 is 6.50. The molecular formula is C26H37ClN4O4. The fourth-order valence-corrected chi connectivity index (χ4v) is 3.67. The van der Waals surface area contributed by atoms with Gasteiger partial charge in [-0.3, -0.25) is 14.4 Å². The van der Waals surface area contributed by atoms with Crippen LogP contribution < -0.4 is 10.6 Å². The van der Waals surface area contributed by atoms with E-state index in [9.17, 15) is 14.4 Å². The van der Waals surface area contributed by atoms with Crippen molar-refractivity contribution in [3.8, 4) is 0 Å². The number of hydrogen-bond donors (Lipinski definition) is 2. The zero-order valence-electron chi connectivity index (χ0n) is 21.5. The van der Waals surface area contributed by atoms with Gasteiger partial charge in [0.2, 0.25) is 17.7 Å². The zero-order valence-corrected chi connectivity index (χ0v) is 22.2. The average Bonchev–Trinajstić information content (AvgIpc) is 3.19. The number of carbonyl (C=O) groups is 3. The van der Waals surface area contributed by atoms with Crippen LogP contribution in [-0.2, 0) is 14.4 Å². The van der Waals surface area contributed by atoms with Crippen LogP contribution in [0.15, 0.2) is 34.9 Å². The van der Waals surface area contributed by atoms with Gasteiger partial charge in [0.15, 0.2) is 5.82 Å². The predicted octanol–water partition coefficient (Wildman–Crippen LogP) is 5.28. The van der Waals surface area contributed by atoms with Gasteiger partial charge < -0.3 is 20.1 Å². The van der Waals surface area contributed by atoms with Crippen LogP contribution in [0.5, 0.6) is 0 Å². The number of carbonyl (C=O) groups excluding carboxylic acids is 3. The summed E-state index contributed by atoms with van der Waals surface area (Å²) in [7, 11) is 0. The topological polar surface area (TPSA) is 105 Å². The molecule has 35 heavy (non-hydrogen) atoms. The molecule has 192 valence electrons. The van der Waals surface area contributed by atoms with Gasteiger partial charge in [-0.05, 0) is 45.6 Å². The molecule has 3 amide bonds. The lowest BCUT2D eigenvalue weighted by Crippen LogP contribution is -2.50. The van der Waals surface area contributed by atoms with Crippen LogP contribution in [0.3, 0.4) is 0 Å². The third-order valence-corrected chi connectivity index (χ3v) is 6.18. The summed E-state index contributed by atoms with van der Waals surface area (Å²) in [6.07, 6.45) is 1.30. The van der Waals surface area contributed by atoms with Crippen LogP contribution in [0.2, 0.25) is 5.02 Å². The molecule has 2 N–H and O–H groups in total. The number of benzene rings is 1. The number of aryl methyl sites for hydroxylation is 1. The minimum absolute atomic E-state index is 0.0553. The van der Waals surface area contributed by atoms with Gasteiger partial charge in [0.05, 0.1) is 0 Å². The number of amides is 3. The van der Waals surface area contributed by atoms with Crippen LogP contribution in [0.25, 0.3) is 0 Å². The number of nitrogens with one attached hydrogen (secondary N) is 2. The van der Waals surface area contributed by atoms with E-state index >= 15 is 0 Å². The standard InChI is InChI=1S/C26H37ClN4O4/c1-7-26(5,6)29-25(34)24(19-10-8-9-11-20(19)27)31(15-14-17(2)3)23(33)13-12-22(32)28-21-16-18(4)35-30-21/h8-11,16-17,24H,7,12-15H2,1-6H3,(H,29,34)(H,28,30,32)/t24-/m0/s1. The predicted molar refractivity (Wildman–Crippen MR) is 137 cm³/mol. The van der Waals surface area contributed by atoms with Gasteiger partial charge in [-0.25, -0.2) is 0 Å². The molecule has 2 rings (SSSR count). The monoisotopic (exact) mass is 504 g/mol. The maximum absolute atomic E-state index is 13.6. The van der Waals surface area contributed by atoms with Crippen LogP contribution in [0.4, 0.5) is 5.82 Å². The molecule has 0 saturated carbocycles. The molecule has 0 radical (unpaired) electrons. The maximum atomic E-state index is 13.6. The lowest BCUT2D eigenvalue weighted by Gasteiger charge is -2.35. The Morgan fingerprint density at radius 1 is 1.17 bits per heavy atom. The Morgan fingerprint density at radius 2 is 1.86 bits per heavy atom. The lowest BCUT2D eigenvalue weighted by molar-refractivity contribution is -0.142. The summed E-state index contributed by atoms with van der Waals surface area (Å²) in [4.78, 5) is 41.0. The number of hydrogen-bond acceptors (Lipinski definition) is 5. The Morgan fingerprint density at radius 3 is 2.43 bits per heavy atom. The summed E-state index contributed by atoms with van der Waals surface area (Å²) in [5.74, 6) is 0.218. The molecule has 0 aliphatic rings. The second-order valence-corrected chi connectivity index (χ2v) is 10.2. The molecule has 9 heteroatoms. The molecule has 8 nitrogen and oxygen atoms in total. The first-order valence-corrected chi connectivity index (χ1v) is 12.4. The fourth-order valence-electron chi connectivity index (χ4n) is 3.43. The molecule has 0 fully saturated rings. The maximum Gasteiger partial charge on any atom is 0.247 e. The van der Waals surface area contributed by atoms with Crippen molar-refractivity contribution in [1.82, 2.24) is 15.4 Å². The van der Waals surface area contributed by atoms with Crippen LogP contribution in [0.1, 0.15) is 77.7 Å². The van der Waals surface area contributed by atoms with Crippen molar-refractivity contribution in [3.05, 3.63) is 46.7 Å². The average molecular weight is 505 g/mol. The molecule has 1 aromatic heterocycles. The van der Waals surface area contributed by atoms with E-state index in [1.807, 2.05) is 20.8 Å². The fraction of sp³-hybridized carbons (Fsp3) is 0.538. The van der Waals surface area contributed by atoms with Gasteiger partial charge in [-0.1, -0.05) is 55.7 Å². The quantitative estimate of drug-likeness (QED) is 0.409. The molecule has 2 aromatic rings. The van der Waals surface area contributed by atoms with E-state index in [-0.39, 0.29) is 30.6 Å². The van der Waals surface area contributed by atoms with Crippen LogP contribution >= 0.6 is 11.6 Å². The zero-order chi connectivity index (χ0) is 26.2. The normalized spacial score (nSPS) is 12.3. The van der Waals surface area contributed by atoms with Crippen molar-refractivity contribution in [2.45, 2.75) is 78.8 Å². The summed E-state index contributed by atoms with van der Waals surface area (Å²) < 4.78 is 4.95. The molecule has 0 unspecified atom stereocenters. The second kappa shape index (κ2) is 12.7. The molecule has 1 aromatic carbocycles. The highest BCUT2D eigenvalue weighted by Gasteiger charge is 2.35. The van der Waals surface area contributed by atoms with Crippen molar-refractivity contribution in [3.63, 3.8) is 0 Å². The number of aromatic nitrogens is 1. The molecule has 0 aliphatic heterocycles. The summed E-state index contributed by atoms with van der Waals surface area (Å²) in [6, 6.07) is 7.74. The van der Waals surface area contributed by atoms with E-state index < -0.39 is 11.6 Å². The van der Waals surface area contributed by atoms with Crippen molar-refractivity contribution in [1.29, 1.82) is 0 Å². The summed E-state index contributed by atoms with van der Waals surface area (Å²) in [6.45, 7) is 12.0. The minimum atomic E-state index is -0.915. The minimum Gasteiger partial charge on any atom is -0.360 e. The van der Waals surface area contributed by atoms with Crippen molar-refractivity contribution < 1.29 is 18.9 Å². The highest BCUT2D eigenvalue weighted by Crippen LogP contribution is 2.30. The van der Waals surface area contributed by atoms with E-state index in [4.69, 9.17) is 16.1 Å². The van der Waals surface area contributed by atoms with Crippen molar-refractivity contribution in [2.75, 3.05) is 11.9 Å². The molecule has 0 aliphatic carbocycles. The van der Waals surface area contributed by atoms with E-state index in [2.05, 4.69) is 29.6 Å². The number of rotatable bonds is 12. The van der Waals surface area contributed by atoms with Gasteiger partial charge in [-0.2, -0.15) is 0 Å². The summed E-state index contributed by atoms with van der Waals surface area (Å²) in [5, 5.41) is 9.83. The Labute approximate surface area is 212 Å².